The number of sulfonamides is 1. The average molecular weight is 344 g/mol. The van der Waals surface area contributed by atoms with E-state index < -0.39 is 20.7 Å². The second kappa shape index (κ2) is 7.37. The van der Waals surface area contributed by atoms with Crippen molar-refractivity contribution in [1.82, 2.24) is 4.31 Å². The molecule has 1 aromatic rings. The van der Waals surface area contributed by atoms with Crippen LogP contribution in [0.15, 0.2) is 23.1 Å². The van der Waals surface area contributed by atoms with Gasteiger partial charge in [0.1, 0.15) is 10.7 Å². The van der Waals surface area contributed by atoms with Crippen LogP contribution in [0.5, 0.6) is 0 Å². The highest BCUT2D eigenvalue weighted by molar-refractivity contribution is 7.89. The molecule has 1 atom stereocenters. The molecule has 0 radical (unpaired) electrons. The third kappa shape index (κ3) is 4.07. The summed E-state index contributed by atoms with van der Waals surface area (Å²) in [6.07, 6.45) is 0.659. The largest absolute Gasteiger partial charge is 0.379 e. The Balaban J connectivity index is 2.28. The van der Waals surface area contributed by atoms with Gasteiger partial charge in [-0.05, 0) is 24.6 Å². The van der Waals surface area contributed by atoms with Gasteiger partial charge < -0.3 is 10.1 Å². The number of nitrogens with one attached hydrogen (secondary N) is 1. The third-order valence-corrected chi connectivity index (χ3v) is 5.76. The van der Waals surface area contributed by atoms with Crippen LogP contribution >= 0.6 is 0 Å². The fourth-order valence-corrected chi connectivity index (χ4v) is 3.65. The molecule has 1 amide bonds. The number of hydrogen-bond donors (Lipinski definition) is 1. The van der Waals surface area contributed by atoms with Crippen molar-refractivity contribution in [2.75, 3.05) is 31.6 Å². The van der Waals surface area contributed by atoms with Gasteiger partial charge in [-0.1, -0.05) is 13.8 Å². The molecule has 1 aromatic carbocycles. The van der Waals surface area contributed by atoms with E-state index in [1.54, 1.807) is 6.92 Å². The summed E-state index contributed by atoms with van der Waals surface area (Å²) in [6.45, 7) is 4.58. The van der Waals surface area contributed by atoms with E-state index in [2.05, 4.69) is 5.32 Å². The maximum Gasteiger partial charge on any atom is 0.246 e. The summed E-state index contributed by atoms with van der Waals surface area (Å²) in [4.78, 5) is 11.5. The minimum Gasteiger partial charge on any atom is -0.379 e. The van der Waals surface area contributed by atoms with Crippen LogP contribution in [-0.2, 0) is 19.6 Å². The van der Waals surface area contributed by atoms with E-state index in [-0.39, 0.29) is 43.8 Å². The third-order valence-electron chi connectivity index (χ3n) is 3.85. The van der Waals surface area contributed by atoms with Crippen molar-refractivity contribution in [3.05, 3.63) is 24.0 Å². The van der Waals surface area contributed by atoms with Crippen LogP contribution < -0.4 is 5.32 Å². The molecular formula is C15H21FN2O4S. The van der Waals surface area contributed by atoms with Crippen molar-refractivity contribution in [1.29, 1.82) is 0 Å². The first-order valence-electron chi connectivity index (χ1n) is 7.54. The quantitative estimate of drug-likeness (QED) is 0.884. The maximum atomic E-state index is 14.0. The molecule has 23 heavy (non-hydrogen) atoms. The van der Waals surface area contributed by atoms with E-state index in [4.69, 9.17) is 4.74 Å². The molecule has 0 saturated carbocycles. The lowest BCUT2D eigenvalue weighted by Crippen LogP contribution is -2.40. The van der Waals surface area contributed by atoms with E-state index in [0.717, 1.165) is 6.07 Å². The number of anilines is 1. The highest BCUT2D eigenvalue weighted by Gasteiger charge is 2.29. The molecule has 1 fully saturated rings. The van der Waals surface area contributed by atoms with Gasteiger partial charge in [-0.25, -0.2) is 12.8 Å². The number of nitrogens with zero attached hydrogens (tertiary/aromatic N) is 1. The maximum absolute atomic E-state index is 14.0. The van der Waals surface area contributed by atoms with E-state index in [1.165, 1.54) is 16.4 Å². The predicted molar refractivity (Wildman–Crippen MR) is 84.1 cm³/mol. The molecular weight excluding hydrogens is 323 g/mol. The molecule has 128 valence electrons. The Labute approximate surface area is 135 Å². The van der Waals surface area contributed by atoms with Crippen LogP contribution in [0.25, 0.3) is 0 Å². The molecule has 0 spiro atoms. The molecule has 1 unspecified atom stereocenters. The second-order valence-electron chi connectivity index (χ2n) is 5.46. The Kier molecular flexibility index (Phi) is 5.72. The first kappa shape index (κ1) is 17.8. The van der Waals surface area contributed by atoms with E-state index in [9.17, 15) is 17.6 Å². The lowest BCUT2D eigenvalue weighted by Gasteiger charge is -2.26. The Morgan fingerprint density at radius 3 is 2.65 bits per heavy atom. The first-order valence-corrected chi connectivity index (χ1v) is 8.98. The minimum atomic E-state index is -3.95. The fourth-order valence-electron chi connectivity index (χ4n) is 2.16. The highest BCUT2D eigenvalue weighted by Crippen LogP contribution is 2.24. The molecule has 6 nitrogen and oxygen atoms in total. The van der Waals surface area contributed by atoms with Crippen LogP contribution in [0.1, 0.15) is 20.3 Å². The van der Waals surface area contributed by atoms with Crippen molar-refractivity contribution < 1.29 is 22.3 Å². The van der Waals surface area contributed by atoms with Crippen LogP contribution in [0.2, 0.25) is 0 Å². The summed E-state index contributed by atoms with van der Waals surface area (Å²) in [5.74, 6) is -1.27. The highest BCUT2D eigenvalue weighted by atomic mass is 32.2. The van der Waals surface area contributed by atoms with Crippen molar-refractivity contribution >= 4 is 21.6 Å². The molecule has 0 aromatic heterocycles. The topological polar surface area (TPSA) is 75.7 Å². The van der Waals surface area contributed by atoms with Gasteiger partial charge in [0.25, 0.3) is 0 Å². The molecule has 0 aliphatic carbocycles. The number of morpholine rings is 1. The lowest BCUT2D eigenvalue weighted by molar-refractivity contribution is -0.119. The van der Waals surface area contributed by atoms with Crippen LogP contribution in [0.4, 0.5) is 10.1 Å². The molecule has 2 rings (SSSR count). The van der Waals surface area contributed by atoms with Crippen LogP contribution in [-0.4, -0.2) is 44.9 Å². The molecule has 0 bridgehead atoms. The molecule has 1 aliphatic heterocycles. The molecule has 8 heteroatoms. The van der Waals surface area contributed by atoms with E-state index >= 15 is 0 Å². The smallest absolute Gasteiger partial charge is 0.246 e. The van der Waals surface area contributed by atoms with Gasteiger partial charge in [-0.15, -0.1) is 0 Å². The van der Waals surface area contributed by atoms with Gasteiger partial charge in [-0.3, -0.25) is 4.79 Å². The van der Waals surface area contributed by atoms with Gasteiger partial charge >= 0.3 is 0 Å². The summed E-state index contributed by atoms with van der Waals surface area (Å²) in [6, 6.07) is 3.58. The van der Waals surface area contributed by atoms with E-state index in [1.807, 2.05) is 6.92 Å². The second-order valence-corrected chi connectivity index (χ2v) is 7.37. The zero-order valence-electron chi connectivity index (χ0n) is 13.2. The number of benzene rings is 1. The number of ether oxygens (including phenoxy) is 1. The van der Waals surface area contributed by atoms with Crippen molar-refractivity contribution in [2.45, 2.75) is 25.2 Å². The Morgan fingerprint density at radius 1 is 1.39 bits per heavy atom. The number of hydrogen-bond acceptors (Lipinski definition) is 4. The first-order chi connectivity index (χ1) is 10.9. The molecule has 1 saturated heterocycles. The predicted octanol–water partition coefficient (Wildman–Crippen LogP) is 1.83. The number of rotatable bonds is 5. The Bertz CT molecular complexity index is 672. The lowest BCUT2D eigenvalue weighted by atomic mass is 10.1. The summed E-state index contributed by atoms with van der Waals surface area (Å²) in [5.41, 5.74) is 0.267. The summed E-state index contributed by atoms with van der Waals surface area (Å²) in [7, 11) is -3.95. The summed E-state index contributed by atoms with van der Waals surface area (Å²) >= 11 is 0. The summed E-state index contributed by atoms with van der Waals surface area (Å²) in [5, 5.41) is 2.62. The van der Waals surface area contributed by atoms with Gasteiger partial charge in [0, 0.05) is 24.7 Å². The standard InChI is InChI=1S/C15H21FN2O4S/c1-3-11(2)15(19)17-12-4-5-13(16)14(10-12)23(20,21)18-6-8-22-9-7-18/h4-5,10-11H,3,6-9H2,1-2H3,(H,17,19). The van der Waals surface area contributed by atoms with Crippen molar-refractivity contribution in [2.24, 2.45) is 5.92 Å². The fraction of sp³-hybridized carbons (Fsp3) is 0.533. The number of halogens is 1. The Morgan fingerprint density at radius 2 is 2.04 bits per heavy atom. The Hall–Kier alpha value is -1.51. The van der Waals surface area contributed by atoms with Crippen LogP contribution in [0.3, 0.4) is 0 Å². The van der Waals surface area contributed by atoms with Gasteiger partial charge in [0.2, 0.25) is 15.9 Å². The van der Waals surface area contributed by atoms with Gasteiger partial charge in [0.05, 0.1) is 13.2 Å². The minimum absolute atomic E-state index is 0.186. The molecule has 1 aliphatic rings. The molecule has 1 heterocycles. The van der Waals surface area contributed by atoms with Gasteiger partial charge in [0.15, 0.2) is 0 Å². The van der Waals surface area contributed by atoms with Crippen molar-refractivity contribution in [3.63, 3.8) is 0 Å². The zero-order chi connectivity index (χ0) is 17.0. The number of carbonyl (C=O) groups excluding carboxylic acids is 1. The zero-order valence-corrected chi connectivity index (χ0v) is 14.0. The summed E-state index contributed by atoms with van der Waals surface area (Å²) < 4.78 is 45.4. The molecule has 1 N–H and O–H groups in total. The van der Waals surface area contributed by atoms with Crippen molar-refractivity contribution in [3.8, 4) is 0 Å². The number of amides is 1. The van der Waals surface area contributed by atoms with E-state index in [0.29, 0.717) is 6.42 Å². The average Bonchev–Trinajstić information content (AvgIpc) is 2.56. The normalized spacial score (nSPS) is 17.7. The van der Waals surface area contributed by atoms with Gasteiger partial charge in [-0.2, -0.15) is 4.31 Å². The SMILES string of the molecule is CCC(C)C(=O)Nc1ccc(F)c(S(=O)(=O)N2CCOCC2)c1. The monoisotopic (exact) mass is 344 g/mol. The van der Waals surface area contributed by atoms with Crippen LogP contribution in [0, 0.1) is 11.7 Å². The number of carbonyl (C=O) groups is 1.